The third-order valence-electron chi connectivity index (χ3n) is 2.13. The van der Waals surface area contributed by atoms with E-state index in [1.165, 1.54) is 18.2 Å². The molecule has 0 radical (unpaired) electrons. The molecule has 0 atom stereocenters. The van der Waals surface area contributed by atoms with Crippen LogP contribution in [0.2, 0.25) is 0 Å². The normalized spacial score (nSPS) is 11.3. The molecule has 0 bridgehead atoms. The number of nitrogens with zero attached hydrogens (tertiary/aromatic N) is 1. The number of hydrogen-bond acceptors (Lipinski definition) is 5. The molecular weight excluding hydrogens is 281 g/mol. The van der Waals surface area contributed by atoms with Crippen molar-refractivity contribution in [1.29, 1.82) is 0 Å². The van der Waals surface area contributed by atoms with Crippen molar-refractivity contribution in [3.05, 3.63) is 41.6 Å². The van der Waals surface area contributed by atoms with Crippen LogP contribution in [0.25, 0.3) is 0 Å². The second kappa shape index (κ2) is 4.88. The SMILES string of the molecule is Nc1cc(C(=O)Oc2ccccc2C(F)(F)F)ns1. The minimum Gasteiger partial charge on any atom is -0.421 e. The van der Waals surface area contributed by atoms with E-state index in [4.69, 9.17) is 10.5 Å². The number of esters is 1. The molecule has 0 aliphatic heterocycles. The van der Waals surface area contributed by atoms with Crippen molar-refractivity contribution in [2.45, 2.75) is 6.18 Å². The van der Waals surface area contributed by atoms with E-state index in [0.717, 1.165) is 23.7 Å². The van der Waals surface area contributed by atoms with Crippen molar-refractivity contribution in [3.8, 4) is 5.75 Å². The number of rotatable bonds is 2. The number of carbonyl (C=O) groups is 1. The number of hydrogen-bond donors (Lipinski definition) is 1. The van der Waals surface area contributed by atoms with Crippen LogP contribution in [0, 0.1) is 0 Å². The van der Waals surface area contributed by atoms with Crippen molar-refractivity contribution in [2.75, 3.05) is 5.73 Å². The molecule has 0 amide bonds. The third-order valence-corrected chi connectivity index (χ3v) is 2.75. The summed E-state index contributed by atoms with van der Waals surface area (Å²) in [5, 5.41) is 0.274. The molecule has 0 aliphatic carbocycles. The predicted octanol–water partition coefficient (Wildman–Crippen LogP) is 2.96. The first-order valence-electron chi connectivity index (χ1n) is 4.98. The van der Waals surface area contributed by atoms with Crippen LogP contribution in [0.1, 0.15) is 16.1 Å². The highest BCUT2D eigenvalue weighted by atomic mass is 32.1. The van der Waals surface area contributed by atoms with Crippen LogP contribution in [0.3, 0.4) is 0 Å². The van der Waals surface area contributed by atoms with E-state index in [9.17, 15) is 18.0 Å². The number of para-hydroxylation sites is 1. The monoisotopic (exact) mass is 288 g/mol. The van der Waals surface area contributed by atoms with E-state index in [1.807, 2.05) is 0 Å². The van der Waals surface area contributed by atoms with E-state index in [0.29, 0.717) is 0 Å². The first-order chi connectivity index (χ1) is 8.88. The van der Waals surface area contributed by atoms with E-state index in [2.05, 4.69) is 4.37 Å². The van der Waals surface area contributed by atoms with Crippen LogP contribution in [0.4, 0.5) is 18.2 Å². The number of nitrogens with two attached hydrogens (primary N) is 1. The zero-order valence-corrected chi connectivity index (χ0v) is 10.1. The molecule has 4 nitrogen and oxygen atoms in total. The summed E-state index contributed by atoms with van der Waals surface area (Å²) in [5.74, 6) is -1.55. The van der Waals surface area contributed by atoms with Gasteiger partial charge in [0.25, 0.3) is 0 Å². The van der Waals surface area contributed by atoms with Crippen molar-refractivity contribution in [2.24, 2.45) is 0 Å². The molecule has 0 unspecified atom stereocenters. The van der Waals surface area contributed by atoms with Gasteiger partial charge in [0.1, 0.15) is 10.8 Å². The van der Waals surface area contributed by atoms with Gasteiger partial charge in [0, 0.05) is 6.07 Å². The molecule has 2 aromatic rings. The molecule has 8 heteroatoms. The van der Waals surface area contributed by atoms with Crippen LogP contribution >= 0.6 is 11.5 Å². The highest BCUT2D eigenvalue weighted by Gasteiger charge is 2.34. The summed E-state index contributed by atoms with van der Waals surface area (Å²) in [4.78, 5) is 11.6. The van der Waals surface area contributed by atoms with Crippen molar-refractivity contribution < 1.29 is 22.7 Å². The Kier molecular flexibility index (Phi) is 3.43. The second-order valence-electron chi connectivity index (χ2n) is 3.50. The number of halogens is 3. The van der Waals surface area contributed by atoms with Gasteiger partial charge in [0.15, 0.2) is 5.69 Å². The minimum atomic E-state index is -4.60. The second-order valence-corrected chi connectivity index (χ2v) is 4.33. The molecule has 1 aromatic heterocycles. The highest BCUT2D eigenvalue weighted by molar-refractivity contribution is 7.10. The van der Waals surface area contributed by atoms with Gasteiger partial charge in [-0.2, -0.15) is 17.5 Å². The summed E-state index contributed by atoms with van der Waals surface area (Å²) in [6, 6.07) is 5.69. The maximum atomic E-state index is 12.7. The van der Waals surface area contributed by atoms with E-state index in [-0.39, 0.29) is 10.7 Å². The first kappa shape index (κ1) is 13.3. The average Bonchev–Trinajstić information content (AvgIpc) is 2.75. The summed E-state index contributed by atoms with van der Waals surface area (Å²) in [6.45, 7) is 0. The fourth-order valence-electron chi connectivity index (χ4n) is 1.33. The maximum Gasteiger partial charge on any atom is 0.419 e. The minimum absolute atomic E-state index is 0.125. The van der Waals surface area contributed by atoms with Gasteiger partial charge in [-0.3, -0.25) is 0 Å². The molecule has 19 heavy (non-hydrogen) atoms. The van der Waals surface area contributed by atoms with E-state index >= 15 is 0 Å². The summed E-state index contributed by atoms with van der Waals surface area (Å²) in [7, 11) is 0. The molecule has 0 spiro atoms. The van der Waals surface area contributed by atoms with Crippen LogP contribution in [0.15, 0.2) is 30.3 Å². The van der Waals surface area contributed by atoms with Crippen molar-refractivity contribution in [1.82, 2.24) is 4.37 Å². The van der Waals surface area contributed by atoms with Crippen LogP contribution in [-0.4, -0.2) is 10.3 Å². The number of benzene rings is 1. The van der Waals surface area contributed by atoms with Gasteiger partial charge in [-0.25, -0.2) is 4.79 Å². The quantitative estimate of drug-likeness (QED) is 0.681. The first-order valence-corrected chi connectivity index (χ1v) is 5.76. The molecule has 0 fully saturated rings. The fraction of sp³-hybridized carbons (Fsp3) is 0.0909. The Morgan fingerprint density at radius 2 is 2.00 bits per heavy atom. The predicted molar refractivity (Wildman–Crippen MR) is 62.9 cm³/mol. The number of anilines is 1. The Morgan fingerprint density at radius 1 is 1.32 bits per heavy atom. The van der Waals surface area contributed by atoms with Gasteiger partial charge < -0.3 is 10.5 Å². The molecule has 0 saturated carbocycles. The standard InChI is InChI=1S/C11H7F3N2O2S/c12-11(13,14)6-3-1-2-4-8(6)18-10(17)7-5-9(15)19-16-7/h1-5H,15H2. The van der Waals surface area contributed by atoms with Gasteiger partial charge in [-0.15, -0.1) is 0 Å². The summed E-state index contributed by atoms with van der Waals surface area (Å²) in [5.41, 5.74) is 4.23. The van der Waals surface area contributed by atoms with Gasteiger partial charge >= 0.3 is 12.1 Å². The molecule has 2 rings (SSSR count). The fourth-order valence-corrected chi connectivity index (χ4v) is 1.82. The summed E-state index contributed by atoms with van der Waals surface area (Å²) < 4.78 is 46.4. The lowest BCUT2D eigenvalue weighted by atomic mass is 10.2. The van der Waals surface area contributed by atoms with Crippen molar-refractivity contribution >= 4 is 22.5 Å². The Bertz CT molecular complexity index is 610. The van der Waals surface area contributed by atoms with Crippen LogP contribution < -0.4 is 10.5 Å². The van der Waals surface area contributed by atoms with Crippen LogP contribution in [-0.2, 0) is 6.18 Å². The summed E-state index contributed by atoms with van der Waals surface area (Å²) in [6.07, 6.45) is -4.60. The topological polar surface area (TPSA) is 65.2 Å². The van der Waals surface area contributed by atoms with E-state index < -0.39 is 23.5 Å². The van der Waals surface area contributed by atoms with Gasteiger partial charge in [0.2, 0.25) is 0 Å². The Morgan fingerprint density at radius 3 is 2.58 bits per heavy atom. The van der Waals surface area contributed by atoms with Crippen molar-refractivity contribution in [3.63, 3.8) is 0 Å². The number of ether oxygens (including phenoxy) is 1. The Hall–Kier alpha value is -2.09. The van der Waals surface area contributed by atoms with Gasteiger partial charge in [-0.1, -0.05) is 12.1 Å². The Labute approximate surface area is 109 Å². The molecule has 0 aliphatic rings. The lowest BCUT2D eigenvalue weighted by molar-refractivity contribution is -0.138. The molecule has 0 saturated heterocycles. The number of nitrogen functional groups attached to an aromatic ring is 1. The molecule has 100 valence electrons. The molecule has 1 heterocycles. The lowest BCUT2D eigenvalue weighted by Crippen LogP contribution is -2.13. The van der Waals surface area contributed by atoms with Crippen LogP contribution in [0.5, 0.6) is 5.75 Å². The van der Waals surface area contributed by atoms with Gasteiger partial charge in [-0.05, 0) is 23.7 Å². The lowest BCUT2D eigenvalue weighted by Gasteiger charge is -2.11. The number of carbonyl (C=O) groups excluding carboxylic acids is 1. The number of alkyl halides is 3. The maximum absolute atomic E-state index is 12.7. The average molecular weight is 288 g/mol. The molecule has 1 aromatic carbocycles. The number of aromatic nitrogens is 1. The zero-order valence-electron chi connectivity index (χ0n) is 9.27. The zero-order chi connectivity index (χ0) is 14.0. The summed E-state index contributed by atoms with van der Waals surface area (Å²) >= 11 is 0.858. The largest absolute Gasteiger partial charge is 0.421 e. The highest BCUT2D eigenvalue weighted by Crippen LogP contribution is 2.36. The third kappa shape index (κ3) is 3.02. The van der Waals surface area contributed by atoms with E-state index in [1.54, 1.807) is 0 Å². The van der Waals surface area contributed by atoms with Gasteiger partial charge in [0.05, 0.1) is 5.56 Å². The molecule has 2 N–H and O–H groups in total. The smallest absolute Gasteiger partial charge is 0.419 e. The Balaban J connectivity index is 2.27. The molecular formula is C11H7F3N2O2S.